The first kappa shape index (κ1) is 22.3. The first-order valence-corrected chi connectivity index (χ1v) is 11.2. The number of carbonyl (C=O) groups excluding carboxylic acids is 1. The Morgan fingerprint density at radius 2 is 2.00 bits per heavy atom. The molecule has 5 nitrogen and oxygen atoms in total. The van der Waals surface area contributed by atoms with Crippen LogP contribution in [0.3, 0.4) is 0 Å². The van der Waals surface area contributed by atoms with Gasteiger partial charge in [-0.05, 0) is 68.8 Å². The summed E-state index contributed by atoms with van der Waals surface area (Å²) < 4.78 is 6.84. The highest BCUT2D eigenvalue weighted by molar-refractivity contribution is 5.86. The summed E-state index contributed by atoms with van der Waals surface area (Å²) in [5.74, 6) is -0.329. The predicted octanol–water partition coefficient (Wildman–Crippen LogP) is 4.87. The van der Waals surface area contributed by atoms with E-state index in [0.29, 0.717) is 6.04 Å². The third kappa shape index (κ3) is 5.39. The zero-order valence-electron chi connectivity index (χ0n) is 18.9. The van der Waals surface area contributed by atoms with Gasteiger partial charge in [-0.2, -0.15) is 5.10 Å². The topological polar surface area (TPSA) is 47.4 Å². The summed E-state index contributed by atoms with van der Waals surface area (Å²) in [4.78, 5) is 13.9. The van der Waals surface area contributed by atoms with E-state index in [1.807, 2.05) is 0 Å². The lowest BCUT2D eigenvalue weighted by molar-refractivity contribution is -0.134. The second-order valence-corrected chi connectivity index (χ2v) is 8.19. The van der Waals surface area contributed by atoms with E-state index in [1.165, 1.54) is 61.4 Å². The minimum atomic E-state index is -0.329. The number of carbonyl (C=O) groups is 1. The summed E-state index contributed by atoms with van der Waals surface area (Å²) in [5.41, 5.74) is 6.30. The Bertz CT molecular complexity index is 867. The van der Waals surface area contributed by atoms with E-state index in [2.05, 4.69) is 59.4 Å². The van der Waals surface area contributed by atoms with Crippen molar-refractivity contribution in [3.63, 3.8) is 0 Å². The molecular formula is C25H35N3O2. The van der Waals surface area contributed by atoms with Gasteiger partial charge in [-0.1, -0.05) is 37.6 Å². The average molecular weight is 410 g/mol. The largest absolute Gasteiger partial charge is 0.466 e. The molecule has 1 saturated heterocycles. The van der Waals surface area contributed by atoms with Crippen LogP contribution in [0.2, 0.25) is 0 Å². The van der Waals surface area contributed by atoms with Crippen molar-refractivity contribution in [1.82, 2.24) is 14.7 Å². The molecule has 2 aromatic rings. The molecule has 1 fully saturated rings. The Hall–Kier alpha value is -2.40. The van der Waals surface area contributed by atoms with Gasteiger partial charge in [-0.15, -0.1) is 0 Å². The zero-order valence-corrected chi connectivity index (χ0v) is 18.9. The van der Waals surface area contributed by atoms with Gasteiger partial charge in [0.2, 0.25) is 0 Å². The normalized spacial score (nSPS) is 17.1. The molecule has 0 amide bonds. The third-order valence-electron chi connectivity index (χ3n) is 6.20. The SMILES string of the molecule is CCCCn1nc(C)c(CCN2CCCC2c2ccc(C=CC(=O)OC)cc2)c1C. The van der Waals surface area contributed by atoms with Crippen molar-refractivity contribution in [3.8, 4) is 0 Å². The number of rotatable bonds is 9. The lowest BCUT2D eigenvalue weighted by Crippen LogP contribution is -2.26. The Morgan fingerprint density at radius 3 is 2.70 bits per heavy atom. The summed E-state index contributed by atoms with van der Waals surface area (Å²) in [7, 11) is 1.39. The van der Waals surface area contributed by atoms with Crippen molar-refractivity contribution in [1.29, 1.82) is 0 Å². The van der Waals surface area contributed by atoms with E-state index < -0.39 is 0 Å². The maximum atomic E-state index is 11.3. The number of nitrogens with zero attached hydrogens (tertiary/aromatic N) is 3. The Balaban J connectivity index is 1.63. The predicted molar refractivity (Wildman–Crippen MR) is 121 cm³/mol. The number of methoxy groups -OCH3 is 1. The van der Waals surface area contributed by atoms with E-state index in [4.69, 9.17) is 5.10 Å². The van der Waals surface area contributed by atoms with E-state index in [-0.39, 0.29) is 5.97 Å². The maximum Gasteiger partial charge on any atom is 0.330 e. The number of benzene rings is 1. The van der Waals surface area contributed by atoms with Crippen LogP contribution in [-0.4, -0.2) is 40.8 Å². The highest BCUT2D eigenvalue weighted by Crippen LogP contribution is 2.32. The van der Waals surface area contributed by atoms with Crippen LogP contribution >= 0.6 is 0 Å². The molecule has 0 bridgehead atoms. The average Bonchev–Trinajstić information content (AvgIpc) is 3.33. The number of hydrogen-bond acceptors (Lipinski definition) is 4. The molecule has 1 atom stereocenters. The van der Waals surface area contributed by atoms with Gasteiger partial charge in [-0.25, -0.2) is 4.79 Å². The van der Waals surface area contributed by atoms with Crippen LogP contribution in [0.4, 0.5) is 0 Å². The number of likely N-dealkylation sites (tertiary alicyclic amines) is 1. The molecule has 0 spiro atoms. The van der Waals surface area contributed by atoms with Gasteiger partial charge in [0.15, 0.2) is 0 Å². The fourth-order valence-corrected chi connectivity index (χ4v) is 4.41. The number of hydrogen-bond donors (Lipinski definition) is 0. The van der Waals surface area contributed by atoms with E-state index in [0.717, 1.165) is 31.6 Å². The summed E-state index contributed by atoms with van der Waals surface area (Å²) in [5, 5.41) is 4.77. The van der Waals surface area contributed by atoms with Crippen molar-refractivity contribution in [2.45, 2.75) is 65.5 Å². The number of esters is 1. The van der Waals surface area contributed by atoms with Crippen LogP contribution < -0.4 is 0 Å². The molecule has 30 heavy (non-hydrogen) atoms. The first-order valence-electron chi connectivity index (χ1n) is 11.2. The number of aryl methyl sites for hydroxylation is 2. The number of aromatic nitrogens is 2. The second kappa shape index (κ2) is 10.6. The van der Waals surface area contributed by atoms with Gasteiger partial charge in [0.25, 0.3) is 0 Å². The highest BCUT2D eigenvalue weighted by Gasteiger charge is 2.26. The highest BCUT2D eigenvalue weighted by atomic mass is 16.5. The van der Waals surface area contributed by atoms with Gasteiger partial charge in [-0.3, -0.25) is 9.58 Å². The molecular weight excluding hydrogens is 374 g/mol. The smallest absolute Gasteiger partial charge is 0.330 e. The molecule has 0 aliphatic carbocycles. The van der Waals surface area contributed by atoms with Gasteiger partial charge < -0.3 is 4.74 Å². The van der Waals surface area contributed by atoms with Crippen LogP contribution in [0, 0.1) is 13.8 Å². The van der Waals surface area contributed by atoms with Crippen LogP contribution in [0.25, 0.3) is 6.08 Å². The van der Waals surface area contributed by atoms with Crippen LogP contribution in [0.15, 0.2) is 30.3 Å². The maximum absolute atomic E-state index is 11.3. The Morgan fingerprint density at radius 1 is 1.23 bits per heavy atom. The van der Waals surface area contributed by atoms with Crippen molar-refractivity contribution < 1.29 is 9.53 Å². The molecule has 1 aliphatic rings. The van der Waals surface area contributed by atoms with E-state index in [1.54, 1.807) is 6.08 Å². The first-order chi connectivity index (χ1) is 14.5. The van der Waals surface area contributed by atoms with Crippen LogP contribution in [-0.2, 0) is 22.5 Å². The number of unbranched alkanes of at least 4 members (excludes halogenated alkanes) is 1. The van der Waals surface area contributed by atoms with Gasteiger partial charge in [0.1, 0.15) is 0 Å². The lowest BCUT2D eigenvalue weighted by Gasteiger charge is -2.25. The van der Waals surface area contributed by atoms with Crippen molar-refractivity contribution in [2.75, 3.05) is 20.2 Å². The summed E-state index contributed by atoms with van der Waals surface area (Å²) in [6, 6.07) is 9.02. The molecule has 2 heterocycles. The molecule has 3 rings (SSSR count). The molecule has 162 valence electrons. The number of ether oxygens (including phenoxy) is 1. The molecule has 1 aromatic carbocycles. The Kier molecular flexibility index (Phi) is 7.86. The minimum absolute atomic E-state index is 0.329. The molecule has 0 N–H and O–H groups in total. The quantitative estimate of drug-likeness (QED) is 0.438. The second-order valence-electron chi connectivity index (χ2n) is 8.19. The Labute approximate surface area is 180 Å². The molecule has 1 unspecified atom stereocenters. The molecule has 5 heteroatoms. The lowest BCUT2D eigenvalue weighted by atomic mass is 10.0. The zero-order chi connectivity index (χ0) is 21.5. The van der Waals surface area contributed by atoms with Crippen molar-refractivity contribution in [2.24, 2.45) is 0 Å². The van der Waals surface area contributed by atoms with Crippen molar-refractivity contribution >= 4 is 12.0 Å². The van der Waals surface area contributed by atoms with E-state index >= 15 is 0 Å². The summed E-state index contributed by atoms with van der Waals surface area (Å²) in [6.45, 7) is 9.82. The molecule has 1 aliphatic heterocycles. The standard InChI is InChI=1S/C25H35N3O2/c1-5-6-17-28-20(3)23(19(2)26-28)15-18-27-16-7-8-24(27)22-12-9-21(10-13-22)11-14-25(29)30-4/h9-14,24H,5-8,15-18H2,1-4H3. The van der Waals surface area contributed by atoms with Crippen molar-refractivity contribution in [3.05, 3.63) is 58.4 Å². The fourth-order valence-electron chi connectivity index (χ4n) is 4.41. The third-order valence-corrected chi connectivity index (χ3v) is 6.20. The monoisotopic (exact) mass is 409 g/mol. The molecule has 1 aromatic heterocycles. The van der Waals surface area contributed by atoms with Gasteiger partial charge in [0.05, 0.1) is 12.8 Å². The van der Waals surface area contributed by atoms with Gasteiger partial charge >= 0.3 is 5.97 Å². The fraction of sp³-hybridized carbons (Fsp3) is 0.520. The molecule has 0 saturated carbocycles. The summed E-state index contributed by atoms with van der Waals surface area (Å²) >= 11 is 0. The van der Waals surface area contributed by atoms with E-state index in [9.17, 15) is 4.79 Å². The van der Waals surface area contributed by atoms with Gasteiger partial charge in [0, 0.05) is 30.9 Å². The van der Waals surface area contributed by atoms with Crippen LogP contribution in [0.5, 0.6) is 0 Å². The summed E-state index contributed by atoms with van der Waals surface area (Å²) in [6.07, 6.45) is 9.13. The minimum Gasteiger partial charge on any atom is -0.466 e. The molecule has 0 radical (unpaired) electrons. The van der Waals surface area contributed by atoms with Crippen LogP contribution in [0.1, 0.15) is 66.7 Å².